The molecule has 3 heterocycles. The van der Waals surface area contributed by atoms with Gasteiger partial charge in [-0.05, 0) is 36.1 Å². The number of hydrogen-bond acceptors (Lipinski definition) is 5. The number of nitrogens with one attached hydrogen (secondary N) is 3. The zero-order chi connectivity index (χ0) is 24.8. The number of amides is 2. The van der Waals surface area contributed by atoms with E-state index >= 15 is 0 Å². The van der Waals surface area contributed by atoms with Crippen molar-refractivity contribution >= 4 is 40.1 Å². The highest BCUT2D eigenvalue weighted by Gasteiger charge is 2.31. The number of imidazole rings is 1. The van der Waals surface area contributed by atoms with E-state index in [2.05, 4.69) is 59.2 Å². The summed E-state index contributed by atoms with van der Waals surface area (Å²) in [7, 11) is 1.81. The number of nitrogens with zero attached hydrogens (tertiary/aromatic N) is 4. The first kappa shape index (κ1) is 23.8. The molecule has 0 saturated carbocycles. The number of carbonyl (C=O) groups excluding carboxylic acids is 2. The van der Waals surface area contributed by atoms with Crippen LogP contribution in [0, 0.1) is 0 Å². The summed E-state index contributed by atoms with van der Waals surface area (Å²) in [6, 6.07) is 3.67. The van der Waals surface area contributed by atoms with Crippen molar-refractivity contribution in [3.05, 3.63) is 53.1 Å². The normalized spacial score (nSPS) is 15.2. The minimum atomic E-state index is -0.223. The van der Waals surface area contributed by atoms with Gasteiger partial charge in [-0.1, -0.05) is 39.0 Å². The van der Waals surface area contributed by atoms with Crippen molar-refractivity contribution in [3.8, 4) is 0 Å². The van der Waals surface area contributed by atoms with Gasteiger partial charge in [-0.15, -0.1) is 0 Å². The number of aromatic nitrogens is 4. The molecular formula is C24H30ClN7O2. The number of H-pyrrole nitrogens is 1. The molecule has 3 aromatic rings. The van der Waals surface area contributed by atoms with Gasteiger partial charge in [0.15, 0.2) is 5.82 Å². The van der Waals surface area contributed by atoms with E-state index in [1.165, 1.54) is 6.08 Å². The summed E-state index contributed by atoms with van der Waals surface area (Å²) in [6.07, 6.45) is 2.84. The van der Waals surface area contributed by atoms with Gasteiger partial charge in [-0.3, -0.25) is 14.7 Å². The molecular weight excluding hydrogens is 454 g/mol. The van der Waals surface area contributed by atoms with E-state index in [4.69, 9.17) is 11.6 Å². The van der Waals surface area contributed by atoms with E-state index in [-0.39, 0.29) is 29.3 Å². The number of halogens is 1. The maximum Gasteiger partial charge on any atom is 0.269 e. The van der Waals surface area contributed by atoms with Crippen LogP contribution in [-0.4, -0.2) is 55.6 Å². The van der Waals surface area contributed by atoms with Crippen molar-refractivity contribution in [2.45, 2.75) is 45.2 Å². The molecule has 1 aromatic carbocycles. The van der Waals surface area contributed by atoms with Gasteiger partial charge in [0.25, 0.3) is 5.91 Å². The molecule has 4 rings (SSSR count). The zero-order valence-corrected chi connectivity index (χ0v) is 20.8. The Bertz CT molecular complexity index is 1260. The van der Waals surface area contributed by atoms with E-state index in [1.54, 1.807) is 15.7 Å². The highest BCUT2D eigenvalue weighted by atomic mass is 35.5. The van der Waals surface area contributed by atoms with E-state index in [0.717, 1.165) is 16.5 Å². The van der Waals surface area contributed by atoms with Crippen molar-refractivity contribution in [2.24, 2.45) is 7.05 Å². The first-order valence-electron chi connectivity index (χ1n) is 11.2. The highest BCUT2D eigenvalue weighted by molar-refractivity contribution is 6.32. The lowest BCUT2D eigenvalue weighted by molar-refractivity contribution is -0.130. The van der Waals surface area contributed by atoms with Crippen LogP contribution in [-0.2, 0) is 17.3 Å². The Morgan fingerprint density at radius 3 is 2.68 bits per heavy atom. The molecule has 3 N–H and O–H groups in total. The number of anilines is 1. The Hall–Kier alpha value is -3.33. The molecule has 1 aliphatic heterocycles. The van der Waals surface area contributed by atoms with Gasteiger partial charge in [0.05, 0.1) is 23.8 Å². The summed E-state index contributed by atoms with van der Waals surface area (Å²) in [5, 5.41) is 15.5. The Labute approximate surface area is 203 Å². The molecule has 1 atom stereocenters. The number of carbonyl (C=O) groups is 2. The third kappa shape index (κ3) is 4.40. The predicted octanol–water partition coefficient (Wildman–Crippen LogP) is 3.55. The lowest BCUT2D eigenvalue weighted by atomic mass is 9.86. The number of hydrogen-bond donors (Lipinski definition) is 3. The molecule has 2 amide bonds. The first-order chi connectivity index (χ1) is 16.0. The predicted molar refractivity (Wildman–Crippen MR) is 133 cm³/mol. The summed E-state index contributed by atoms with van der Waals surface area (Å²) in [5.74, 6) is 1.04. The molecule has 1 aliphatic rings. The van der Waals surface area contributed by atoms with Crippen LogP contribution < -0.4 is 10.6 Å². The molecule has 1 unspecified atom stereocenters. The van der Waals surface area contributed by atoms with Gasteiger partial charge in [-0.25, -0.2) is 4.98 Å². The van der Waals surface area contributed by atoms with Crippen molar-refractivity contribution < 1.29 is 9.59 Å². The molecule has 9 nitrogen and oxygen atoms in total. The largest absolute Gasteiger partial charge is 0.358 e. The van der Waals surface area contributed by atoms with E-state index in [9.17, 15) is 9.59 Å². The van der Waals surface area contributed by atoms with Gasteiger partial charge >= 0.3 is 0 Å². The monoisotopic (exact) mass is 483 g/mol. The molecule has 1 fully saturated rings. The Morgan fingerprint density at radius 1 is 1.32 bits per heavy atom. The van der Waals surface area contributed by atoms with Crippen LogP contribution >= 0.6 is 11.6 Å². The third-order valence-electron chi connectivity index (χ3n) is 6.16. The number of fused-ring (bicyclic) bond motifs is 1. The minimum Gasteiger partial charge on any atom is -0.358 e. The number of benzene rings is 1. The van der Waals surface area contributed by atoms with E-state index in [1.807, 2.05) is 20.0 Å². The van der Waals surface area contributed by atoms with Crippen molar-refractivity contribution in [1.82, 2.24) is 30.0 Å². The Balaban J connectivity index is 1.48. The molecule has 0 spiro atoms. The Morgan fingerprint density at radius 2 is 2.03 bits per heavy atom. The second-order valence-electron chi connectivity index (χ2n) is 9.74. The summed E-state index contributed by atoms with van der Waals surface area (Å²) in [4.78, 5) is 30.5. The number of rotatable bonds is 6. The van der Waals surface area contributed by atoms with Crippen molar-refractivity contribution in [3.63, 3.8) is 0 Å². The molecule has 0 aliphatic carbocycles. The molecule has 10 heteroatoms. The zero-order valence-electron chi connectivity index (χ0n) is 20.1. The summed E-state index contributed by atoms with van der Waals surface area (Å²) in [6.45, 7) is 12.8. The molecule has 1 saturated heterocycles. The molecule has 0 bridgehead atoms. The smallest absolute Gasteiger partial charge is 0.269 e. The van der Waals surface area contributed by atoms with Crippen LogP contribution in [0.1, 0.15) is 55.6 Å². The molecule has 34 heavy (non-hydrogen) atoms. The number of aromatic amines is 1. The second-order valence-corrected chi connectivity index (χ2v) is 10.2. The third-order valence-corrected chi connectivity index (χ3v) is 6.47. The average molecular weight is 484 g/mol. The summed E-state index contributed by atoms with van der Waals surface area (Å²) in [5.41, 5.74) is 2.23. The standard InChI is InChI=1S/C24H30ClN7O2/c1-7-20(33)32-11-14(12-32)28-23(34)19-10-26-22(31(19)6)13(2)27-21-15-8-16(24(3,4)5)17(25)9-18(15)29-30-21/h7-10,13-14H,1,11-12H2,2-6H3,(H,28,34)(H2,27,29,30). The fourth-order valence-electron chi connectivity index (χ4n) is 4.17. The van der Waals surface area contributed by atoms with Gasteiger partial charge in [-0.2, -0.15) is 5.10 Å². The van der Waals surface area contributed by atoms with Crippen molar-refractivity contribution in [2.75, 3.05) is 18.4 Å². The summed E-state index contributed by atoms with van der Waals surface area (Å²) < 4.78 is 1.77. The minimum absolute atomic E-state index is 0.0791. The molecule has 0 radical (unpaired) electrons. The van der Waals surface area contributed by atoms with Gasteiger partial charge in [0, 0.05) is 30.5 Å². The van der Waals surface area contributed by atoms with Crippen molar-refractivity contribution in [1.29, 1.82) is 0 Å². The maximum atomic E-state index is 12.8. The fourth-order valence-corrected chi connectivity index (χ4v) is 4.61. The first-order valence-corrected chi connectivity index (χ1v) is 11.6. The van der Waals surface area contributed by atoms with Crippen LogP contribution in [0.25, 0.3) is 10.9 Å². The Kier molecular flexibility index (Phi) is 6.16. The lowest BCUT2D eigenvalue weighted by Gasteiger charge is -2.38. The lowest BCUT2D eigenvalue weighted by Crippen LogP contribution is -2.60. The van der Waals surface area contributed by atoms with Crippen LogP contribution in [0.3, 0.4) is 0 Å². The maximum absolute atomic E-state index is 12.8. The van der Waals surface area contributed by atoms with Crippen LogP contribution in [0.4, 0.5) is 5.82 Å². The molecule has 180 valence electrons. The van der Waals surface area contributed by atoms with Gasteiger partial charge in [0.2, 0.25) is 5.91 Å². The van der Waals surface area contributed by atoms with Gasteiger partial charge < -0.3 is 20.1 Å². The van der Waals surface area contributed by atoms with Crippen LogP contribution in [0.2, 0.25) is 5.02 Å². The van der Waals surface area contributed by atoms with Crippen LogP contribution in [0.5, 0.6) is 0 Å². The highest BCUT2D eigenvalue weighted by Crippen LogP contribution is 2.35. The van der Waals surface area contributed by atoms with E-state index < -0.39 is 0 Å². The topological polar surface area (TPSA) is 108 Å². The average Bonchev–Trinajstić information content (AvgIpc) is 3.31. The SMILES string of the molecule is C=CC(=O)N1CC(NC(=O)c2cnc(C(C)Nc3n[nH]c4cc(Cl)c(C(C)(C)C)cc34)n2C)C1. The number of likely N-dealkylation sites (tertiary alicyclic amines) is 1. The summed E-state index contributed by atoms with van der Waals surface area (Å²) >= 11 is 6.49. The van der Waals surface area contributed by atoms with Crippen LogP contribution in [0.15, 0.2) is 31.0 Å². The van der Waals surface area contributed by atoms with E-state index in [0.29, 0.717) is 35.4 Å². The quantitative estimate of drug-likeness (QED) is 0.465. The fraction of sp³-hybridized carbons (Fsp3) is 0.417. The van der Waals surface area contributed by atoms with Gasteiger partial charge in [0.1, 0.15) is 11.5 Å². The second kappa shape index (κ2) is 8.79. The molecule has 2 aromatic heterocycles.